The Hall–Kier alpha value is -1.56. The van der Waals surface area contributed by atoms with Gasteiger partial charge in [-0.15, -0.1) is 0 Å². The second-order valence-electron chi connectivity index (χ2n) is 5.06. The van der Waals surface area contributed by atoms with E-state index in [1.165, 1.54) is 0 Å². The number of hydrogen-bond acceptors (Lipinski definition) is 4. The Kier molecular flexibility index (Phi) is 4.79. The van der Waals surface area contributed by atoms with Crippen LogP contribution in [-0.4, -0.2) is 58.2 Å². The highest BCUT2D eigenvalue weighted by Gasteiger charge is 2.15. The third kappa shape index (κ3) is 4.24. The molecule has 1 amide bonds. The second kappa shape index (κ2) is 6.56. The Morgan fingerprint density at radius 1 is 1.32 bits per heavy atom. The molecule has 0 saturated carbocycles. The molecule has 2 heterocycles. The molecule has 1 saturated heterocycles. The Morgan fingerprint density at radius 2 is 2.16 bits per heavy atom. The molecule has 1 aliphatic rings. The first-order chi connectivity index (χ1) is 9.15. The number of nitrogens with two attached hydrogens (primary N) is 1. The largest absolute Gasteiger partial charge is 0.382 e. The van der Waals surface area contributed by atoms with Crippen LogP contribution >= 0.6 is 0 Å². The fraction of sp³-hybridized carbons (Fsp3) is 0.692. The number of carbonyl (C=O) groups is 1. The Morgan fingerprint density at radius 3 is 2.84 bits per heavy atom. The van der Waals surface area contributed by atoms with Gasteiger partial charge in [-0.25, -0.2) is 0 Å². The van der Waals surface area contributed by atoms with Gasteiger partial charge in [-0.3, -0.25) is 9.48 Å². The zero-order valence-corrected chi connectivity index (χ0v) is 11.6. The summed E-state index contributed by atoms with van der Waals surface area (Å²) in [6.07, 6.45) is 4.03. The summed E-state index contributed by atoms with van der Waals surface area (Å²) in [6, 6.07) is 1.82. The summed E-state index contributed by atoms with van der Waals surface area (Å²) in [5.74, 6) is 0.765. The highest BCUT2D eigenvalue weighted by atomic mass is 16.2. The molecule has 0 bridgehead atoms. The van der Waals surface area contributed by atoms with E-state index in [2.05, 4.69) is 10.00 Å². The summed E-state index contributed by atoms with van der Waals surface area (Å²) in [5.41, 5.74) is 5.58. The van der Waals surface area contributed by atoms with Crippen LogP contribution in [0, 0.1) is 0 Å². The molecule has 6 nitrogen and oxygen atoms in total. The van der Waals surface area contributed by atoms with E-state index in [-0.39, 0.29) is 5.91 Å². The van der Waals surface area contributed by atoms with E-state index in [1.54, 1.807) is 6.92 Å². The lowest BCUT2D eigenvalue weighted by Crippen LogP contribution is -2.34. The van der Waals surface area contributed by atoms with E-state index in [4.69, 9.17) is 5.73 Å². The number of aryl methyl sites for hydroxylation is 1. The van der Waals surface area contributed by atoms with Crippen LogP contribution in [0.1, 0.15) is 19.8 Å². The van der Waals surface area contributed by atoms with Crippen LogP contribution in [0.15, 0.2) is 12.3 Å². The highest BCUT2D eigenvalue weighted by Crippen LogP contribution is 2.05. The van der Waals surface area contributed by atoms with Crippen molar-refractivity contribution in [2.24, 2.45) is 0 Å². The van der Waals surface area contributed by atoms with Gasteiger partial charge in [-0.1, -0.05) is 0 Å². The van der Waals surface area contributed by atoms with E-state index >= 15 is 0 Å². The lowest BCUT2D eigenvalue weighted by Gasteiger charge is -2.20. The minimum Gasteiger partial charge on any atom is -0.382 e. The molecule has 1 fully saturated rings. The van der Waals surface area contributed by atoms with Crippen LogP contribution in [0.5, 0.6) is 0 Å². The molecule has 0 aromatic carbocycles. The van der Waals surface area contributed by atoms with Crippen LogP contribution < -0.4 is 5.73 Å². The van der Waals surface area contributed by atoms with Gasteiger partial charge in [0.25, 0.3) is 0 Å². The van der Waals surface area contributed by atoms with Crippen molar-refractivity contribution in [1.82, 2.24) is 19.6 Å². The van der Waals surface area contributed by atoms with Crippen molar-refractivity contribution in [1.29, 1.82) is 0 Å². The van der Waals surface area contributed by atoms with Gasteiger partial charge in [0, 0.05) is 39.3 Å². The normalized spacial score (nSPS) is 17.4. The SMILES string of the molecule is CC(=O)N1CCCN(CCCn2ccc(N)n2)CC1. The average molecular weight is 265 g/mol. The lowest BCUT2D eigenvalue weighted by molar-refractivity contribution is -0.128. The van der Waals surface area contributed by atoms with Gasteiger partial charge in [0.1, 0.15) is 5.82 Å². The van der Waals surface area contributed by atoms with Gasteiger partial charge < -0.3 is 15.5 Å². The summed E-state index contributed by atoms with van der Waals surface area (Å²) >= 11 is 0. The van der Waals surface area contributed by atoms with Crippen LogP contribution in [0.25, 0.3) is 0 Å². The van der Waals surface area contributed by atoms with Crippen molar-refractivity contribution in [3.8, 4) is 0 Å². The average Bonchev–Trinajstić information content (AvgIpc) is 2.64. The molecule has 6 heteroatoms. The molecule has 19 heavy (non-hydrogen) atoms. The summed E-state index contributed by atoms with van der Waals surface area (Å²) in [6.45, 7) is 7.38. The predicted molar refractivity (Wildman–Crippen MR) is 74.6 cm³/mol. The molecule has 2 rings (SSSR count). The van der Waals surface area contributed by atoms with Gasteiger partial charge >= 0.3 is 0 Å². The van der Waals surface area contributed by atoms with Gasteiger partial charge in [-0.05, 0) is 32.0 Å². The molecule has 1 aromatic heterocycles. The van der Waals surface area contributed by atoms with Crippen LogP contribution in [0.3, 0.4) is 0 Å². The van der Waals surface area contributed by atoms with Crippen LogP contribution in [0.2, 0.25) is 0 Å². The standard InChI is InChI=1S/C13H23N5O/c1-12(19)17-7-2-5-16(10-11-17)6-3-8-18-9-4-13(14)15-18/h4,9H,2-3,5-8,10-11H2,1H3,(H2,14,15). The maximum Gasteiger partial charge on any atom is 0.219 e. The first-order valence-corrected chi connectivity index (χ1v) is 6.92. The molecule has 0 radical (unpaired) electrons. The molecular weight excluding hydrogens is 242 g/mol. The summed E-state index contributed by atoms with van der Waals surface area (Å²) < 4.78 is 1.88. The van der Waals surface area contributed by atoms with Crippen molar-refractivity contribution in [3.63, 3.8) is 0 Å². The summed E-state index contributed by atoms with van der Waals surface area (Å²) in [4.78, 5) is 15.7. The number of rotatable bonds is 4. The van der Waals surface area contributed by atoms with Crippen LogP contribution in [-0.2, 0) is 11.3 Å². The quantitative estimate of drug-likeness (QED) is 0.856. The van der Waals surface area contributed by atoms with E-state index in [0.717, 1.165) is 52.1 Å². The molecule has 0 spiro atoms. The highest BCUT2D eigenvalue weighted by molar-refractivity contribution is 5.73. The Labute approximate surface area is 114 Å². The number of anilines is 1. The Bertz CT molecular complexity index is 417. The molecular formula is C13H23N5O. The topological polar surface area (TPSA) is 67.4 Å². The first kappa shape index (κ1) is 13.9. The van der Waals surface area contributed by atoms with Crippen LogP contribution in [0.4, 0.5) is 5.82 Å². The third-order valence-corrected chi connectivity index (χ3v) is 3.56. The minimum atomic E-state index is 0.189. The maximum atomic E-state index is 11.3. The summed E-state index contributed by atoms with van der Waals surface area (Å²) in [5, 5.41) is 4.17. The van der Waals surface area contributed by atoms with Crippen molar-refractivity contribution in [2.75, 3.05) is 38.5 Å². The number of amides is 1. The lowest BCUT2D eigenvalue weighted by atomic mass is 10.3. The van der Waals surface area contributed by atoms with Gasteiger partial charge in [0.15, 0.2) is 0 Å². The minimum absolute atomic E-state index is 0.189. The fourth-order valence-corrected chi connectivity index (χ4v) is 2.47. The van der Waals surface area contributed by atoms with Crippen molar-refractivity contribution >= 4 is 11.7 Å². The van der Waals surface area contributed by atoms with Gasteiger partial charge in [0.2, 0.25) is 5.91 Å². The molecule has 1 aliphatic heterocycles. The predicted octanol–water partition coefficient (Wildman–Crippen LogP) is 0.410. The van der Waals surface area contributed by atoms with E-state index in [0.29, 0.717) is 5.82 Å². The molecule has 2 N–H and O–H groups in total. The zero-order valence-electron chi connectivity index (χ0n) is 11.6. The third-order valence-electron chi connectivity index (χ3n) is 3.56. The number of aromatic nitrogens is 2. The van der Waals surface area contributed by atoms with Crippen molar-refractivity contribution < 1.29 is 4.79 Å². The molecule has 106 valence electrons. The van der Waals surface area contributed by atoms with Gasteiger partial charge in [0.05, 0.1) is 0 Å². The van der Waals surface area contributed by atoms with E-state index in [9.17, 15) is 4.79 Å². The smallest absolute Gasteiger partial charge is 0.219 e. The molecule has 1 aromatic rings. The number of hydrogen-bond donors (Lipinski definition) is 1. The summed E-state index contributed by atoms with van der Waals surface area (Å²) in [7, 11) is 0. The number of nitrogen functional groups attached to an aromatic ring is 1. The molecule has 0 atom stereocenters. The maximum absolute atomic E-state index is 11.3. The van der Waals surface area contributed by atoms with Crippen molar-refractivity contribution in [3.05, 3.63) is 12.3 Å². The molecule has 0 unspecified atom stereocenters. The fourth-order valence-electron chi connectivity index (χ4n) is 2.47. The number of nitrogens with zero attached hydrogens (tertiary/aromatic N) is 4. The van der Waals surface area contributed by atoms with Gasteiger partial charge in [-0.2, -0.15) is 5.10 Å². The van der Waals surface area contributed by atoms with E-state index < -0.39 is 0 Å². The van der Waals surface area contributed by atoms with Crippen molar-refractivity contribution in [2.45, 2.75) is 26.3 Å². The molecule has 0 aliphatic carbocycles. The number of carbonyl (C=O) groups excluding carboxylic acids is 1. The van der Waals surface area contributed by atoms with E-state index in [1.807, 2.05) is 21.8 Å². The monoisotopic (exact) mass is 265 g/mol. The second-order valence-corrected chi connectivity index (χ2v) is 5.06. The Balaban J connectivity index is 1.70. The zero-order chi connectivity index (χ0) is 13.7. The first-order valence-electron chi connectivity index (χ1n) is 6.92.